The zero-order valence-electron chi connectivity index (χ0n) is 12.8. The Balaban J connectivity index is 1.97. The number of thioether (sulfide) groups is 1. The van der Waals surface area contributed by atoms with Crippen LogP contribution in [0, 0.1) is 0 Å². The number of benzene rings is 1. The third-order valence-corrected chi connectivity index (χ3v) is 4.15. The molecule has 0 aliphatic heterocycles. The molecule has 1 aromatic carbocycles. The van der Waals surface area contributed by atoms with E-state index in [9.17, 15) is 9.90 Å². The van der Waals surface area contributed by atoms with Gasteiger partial charge in [-0.3, -0.25) is 4.79 Å². The third kappa shape index (κ3) is 4.64. The number of hydrogen-bond donors (Lipinski definition) is 2. The van der Waals surface area contributed by atoms with E-state index in [0.717, 1.165) is 10.6 Å². The Bertz CT molecular complexity index is 608. The van der Waals surface area contributed by atoms with Crippen LogP contribution in [-0.4, -0.2) is 28.9 Å². The summed E-state index contributed by atoms with van der Waals surface area (Å²) in [4.78, 5) is 13.3. The van der Waals surface area contributed by atoms with Crippen LogP contribution in [0.3, 0.4) is 0 Å². The summed E-state index contributed by atoms with van der Waals surface area (Å²) in [7, 11) is 0. The van der Waals surface area contributed by atoms with Crippen LogP contribution in [0.2, 0.25) is 0 Å². The molecule has 5 heteroatoms. The van der Waals surface area contributed by atoms with Gasteiger partial charge in [-0.25, -0.2) is 0 Å². The Labute approximate surface area is 134 Å². The van der Waals surface area contributed by atoms with Crippen molar-refractivity contribution in [3.8, 4) is 0 Å². The van der Waals surface area contributed by atoms with E-state index >= 15 is 0 Å². The second-order valence-electron chi connectivity index (χ2n) is 5.36. The van der Waals surface area contributed by atoms with Gasteiger partial charge in [0.2, 0.25) is 0 Å². The molecule has 1 amide bonds. The fourth-order valence-corrected chi connectivity index (χ4v) is 2.95. The maximum atomic E-state index is 12.3. The van der Waals surface area contributed by atoms with Gasteiger partial charge in [0.05, 0.1) is 17.4 Å². The summed E-state index contributed by atoms with van der Waals surface area (Å²) in [6.45, 7) is 3.90. The molecular formula is C17H21NO3S. The summed E-state index contributed by atoms with van der Waals surface area (Å²) in [5, 5.41) is 13.2. The molecule has 0 saturated carbocycles. The van der Waals surface area contributed by atoms with Crippen molar-refractivity contribution >= 4 is 17.7 Å². The van der Waals surface area contributed by atoms with Crippen molar-refractivity contribution < 1.29 is 14.3 Å². The van der Waals surface area contributed by atoms with Crippen LogP contribution < -0.4 is 5.32 Å². The molecule has 1 heterocycles. The molecule has 22 heavy (non-hydrogen) atoms. The van der Waals surface area contributed by atoms with Gasteiger partial charge in [-0.05, 0) is 36.9 Å². The van der Waals surface area contributed by atoms with Gasteiger partial charge in [0.25, 0.3) is 5.91 Å². The van der Waals surface area contributed by atoms with Crippen molar-refractivity contribution in [2.75, 3.05) is 12.3 Å². The number of furan rings is 1. The fraction of sp³-hybridized carbons (Fsp3) is 0.353. The summed E-state index contributed by atoms with van der Waals surface area (Å²) < 4.78 is 5.24. The maximum absolute atomic E-state index is 12.3. The van der Waals surface area contributed by atoms with Crippen molar-refractivity contribution in [3.63, 3.8) is 0 Å². The van der Waals surface area contributed by atoms with Gasteiger partial charge in [-0.15, -0.1) is 11.8 Å². The highest BCUT2D eigenvalue weighted by atomic mass is 32.2. The van der Waals surface area contributed by atoms with Crippen molar-refractivity contribution in [2.24, 2.45) is 0 Å². The van der Waals surface area contributed by atoms with Crippen LogP contribution in [0.5, 0.6) is 0 Å². The zero-order chi connectivity index (χ0) is 16.0. The lowest BCUT2D eigenvalue weighted by Gasteiger charge is -2.22. The van der Waals surface area contributed by atoms with Gasteiger partial charge in [0, 0.05) is 17.9 Å². The molecule has 2 rings (SSSR count). The standard InChI is InChI=1S/C17H21NO3S/c1-3-22-15-9-5-4-8-14(15)16(19)18-12-17(2,20)11-13-7-6-10-21-13/h4-10,20H,3,11-12H2,1-2H3,(H,18,19). The number of carbonyl (C=O) groups excluding carboxylic acids is 1. The SMILES string of the molecule is CCSc1ccccc1C(=O)NCC(C)(O)Cc1ccco1. The Kier molecular flexibility index (Phi) is 5.69. The van der Waals surface area contributed by atoms with E-state index in [0.29, 0.717) is 17.7 Å². The smallest absolute Gasteiger partial charge is 0.252 e. The van der Waals surface area contributed by atoms with Gasteiger partial charge in [0.15, 0.2) is 0 Å². The Hall–Kier alpha value is -1.72. The minimum absolute atomic E-state index is 0.164. The molecule has 0 aliphatic rings. The number of nitrogens with one attached hydrogen (secondary N) is 1. The highest BCUT2D eigenvalue weighted by molar-refractivity contribution is 7.99. The van der Waals surface area contributed by atoms with Crippen molar-refractivity contribution in [1.29, 1.82) is 0 Å². The summed E-state index contributed by atoms with van der Waals surface area (Å²) in [5.74, 6) is 1.43. The van der Waals surface area contributed by atoms with Gasteiger partial charge in [-0.1, -0.05) is 19.1 Å². The molecule has 1 aromatic heterocycles. The van der Waals surface area contributed by atoms with Crippen molar-refractivity contribution in [3.05, 3.63) is 54.0 Å². The third-order valence-electron chi connectivity index (χ3n) is 3.20. The van der Waals surface area contributed by atoms with E-state index in [4.69, 9.17) is 4.42 Å². The molecule has 4 nitrogen and oxygen atoms in total. The molecule has 0 bridgehead atoms. The first-order chi connectivity index (χ1) is 10.5. The minimum atomic E-state index is -1.06. The topological polar surface area (TPSA) is 62.5 Å². The predicted molar refractivity (Wildman–Crippen MR) is 88.2 cm³/mol. The summed E-state index contributed by atoms with van der Waals surface area (Å²) in [5.41, 5.74) is -0.413. The summed E-state index contributed by atoms with van der Waals surface area (Å²) in [6, 6.07) is 11.1. The molecule has 2 N–H and O–H groups in total. The van der Waals surface area contributed by atoms with E-state index in [1.54, 1.807) is 37.1 Å². The number of aliphatic hydroxyl groups is 1. The average molecular weight is 319 g/mol. The normalized spacial score (nSPS) is 13.6. The Morgan fingerprint density at radius 2 is 2.09 bits per heavy atom. The van der Waals surface area contributed by atoms with Crippen LogP contribution >= 0.6 is 11.8 Å². The highest BCUT2D eigenvalue weighted by Gasteiger charge is 2.24. The summed E-state index contributed by atoms with van der Waals surface area (Å²) in [6.07, 6.45) is 1.92. The summed E-state index contributed by atoms with van der Waals surface area (Å²) >= 11 is 1.63. The van der Waals surface area contributed by atoms with Gasteiger partial charge >= 0.3 is 0 Å². The fourth-order valence-electron chi connectivity index (χ4n) is 2.15. The van der Waals surface area contributed by atoms with Crippen LogP contribution in [-0.2, 0) is 6.42 Å². The Morgan fingerprint density at radius 1 is 1.32 bits per heavy atom. The lowest BCUT2D eigenvalue weighted by Crippen LogP contribution is -2.42. The second-order valence-corrected chi connectivity index (χ2v) is 6.67. The first-order valence-electron chi connectivity index (χ1n) is 7.26. The van der Waals surface area contributed by atoms with Gasteiger partial charge in [-0.2, -0.15) is 0 Å². The molecule has 118 valence electrons. The first-order valence-corrected chi connectivity index (χ1v) is 8.25. The zero-order valence-corrected chi connectivity index (χ0v) is 13.7. The first kappa shape index (κ1) is 16.6. The largest absolute Gasteiger partial charge is 0.469 e. The molecule has 1 atom stereocenters. The van der Waals surface area contributed by atoms with Crippen LogP contribution in [0.15, 0.2) is 52.0 Å². The number of rotatable bonds is 7. The van der Waals surface area contributed by atoms with E-state index in [1.807, 2.05) is 31.2 Å². The molecule has 1 unspecified atom stereocenters. The highest BCUT2D eigenvalue weighted by Crippen LogP contribution is 2.22. The molecule has 0 saturated heterocycles. The molecule has 0 spiro atoms. The average Bonchev–Trinajstić information content (AvgIpc) is 2.98. The number of carbonyl (C=O) groups is 1. The minimum Gasteiger partial charge on any atom is -0.469 e. The molecule has 0 radical (unpaired) electrons. The second kappa shape index (κ2) is 7.51. The van der Waals surface area contributed by atoms with Crippen LogP contribution in [0.4, 0.5) is 0 Å². The molecular weight excluding hydrogens is 298 g/mol. The molecule has 0 aliphatic carbocycles. The quantitative estimate of drug-likeness (QED) is 0.770. The van der Waals surface area contributed by atoms with E-state index in [-0.39, 0.29) is 12.5 Å². The van der Waals surface area contributed by atoms with Crippen molar-refractivity contribution in [1.82, 2.24) is 5.32 Å². The predicted octanol–water partition coefficient (Wildman–Crippen LogP) is 3.12. The van der Waals surface area contributed by atoms with Crippen molar-refractivity contribution in [2.45, 2.75) is 30.8 Å². The maximum Gasteiger partial charge on any atom is 0.252 e. The Morgan fingerprint density at radius 3 is 2.77 bits per heavy atom. The van der Waals surface area contributed by atoms with Crippen LogP contribution in [0.1, 0.15) is 30.0 Å². The lowest BCUT2D eigenvalue weighted by molar-refractivity contribution is 0.0509. The van der Waals surface area contributed by atoms with Gasteiger partial charge in [0.1, 0.15) is 5.76 Å². The lowest BCUT2D eigenvalue weighted by atomic mass is 10.0. The molecule has 0 fully saturated rings. The monoisotopic (exact) mass is 319 g/mol. The van der Waals surface area contributed by atoms with Crippen LogP contribution in [0.25, 0.3) is 0 Å². The number of hydrogen-bond acceptors (Lipinski definition) is 4. The molecule has 2 aromatic rings. The number of amides is 1. The van der Waals surface area contributed by atoms with E-state index in [2.05, 4.69) is 5.32 Å². The van der Waals surface area contributed by atoms with E-state index in [1.165, 1.54) is 0 Å². The van der Waals surface area contributed by atoms with E-state index < -0.39 is 5.60 Å². The van der Waals surface area contributed by atoms with Gasteiger partial charge < -0.3 is 14.8 Å².